The zero-order chi connectivity index (χ0) is 14.3. The molecule has 0 atom stereocenters. The third-order valence-corrected chi connectivity index (χ3v) is 3.76. The summed E-state index contributed by atoms with van der Waals surface area (Å²) in [7, 11) is 1.77. The number of nitrogens with zero attached hydrogens (tertiary/aromatic N) is 4. The Morgan fingerprint density at radius 3 is 2.47 bits per heavy atom. The van der Waals surface area contributed by atoms with E-state index in [2.05, 4.69) is 29.7 Å². The van der Waals surface area contributed by atoms with Gasteiger partial charge in [0.15, 0.2) is 0 Å². The van der Waals surface area contributed by atoms with Crippen molar-refractivity contribution in [2.24, 2.45) is 0 Å². The topological polar surface area (TPSA) is 50.6 Å². The van der Waals surface area contributed by atoms with E-state index >= 15 is 0 Å². The van der Waals surface area contributed by atoms with Gasteiger partial charge in [-0.15, -0.1) is 0 Å². The Kier molecular flexibility index (Phi) is 6.82. The van der Waals surface area contributed by atoms with Gasteiger partial charge in [-0.25, -0.2) is 0 Å². The number of amides is 1. The van der Waals surface area contributed by atoms with Gasteiger partial charge in [0, 0.05) is 58.8 Å². The molecular formula is C14H26N4O. The summed E-state index contributed by atoms with van der Waals surface area (Å²) >= 11 is 0. The third-order valence-electron chi connectivity index (χ3n) is 3.76. The molecule has 0 aromatic carbocycles. The minimum absolute atomic E-state index is 0.140. The van der Waals surface area contributed by atoms with Gasteiger partial charge < -0.3 is 9.80 Å². The molecule has 0 radical (unpaired) electrons. The number of rotatable bonds is 6. The second-order valence-electron chi connectivity index (χ2n) is 5.44. The van der Waals surface area contributed by atoms with E-state index < -0.39 is 0 Å². The highest BCUT2D eigenvalue weighted by atomic mass is 16.2. The standard InChI is InChI=1S/C14H26N4O/c1-13(2)18-11-9-17(10-12-18)8-5-14(19)16(3)7-4-6-15/h13H,4-5,7-12H2,1-3H3. The quantitative estimate of drug-likeness (QED) is 0.713. The van der Waals surface area contributed by atoms with Crippen molar-refractivity contribution < 1.29 is 4.79 Å². The van der Waals surface area contributed by atoms with Crippen molar-refractivity contribution in [1.82, 2.24) is 14.7 Å². The van der Waals surface area contributed by atoms with Crippen LogP contribution in [0.1, 0.15) is 26.7 Å². The summed E-state index contributed by atoms with van der Waals surface area (Å²) in [6.07, 6.45) is 0.971. The van der Waals surface area contributed by atoms with Crippen LogP contribution < -0.4 is 0 Å². The van der Waals surface area contributed by atoms with Gasteiger partial charge in [0.25, 0.3) is 0 Å². The van der Waals surface area contributed by atoms with Gasteiger partial charge in [0.1, 0.15) is 0 Å². The molecule has 1 fully saturated rings. The van der Waals surface area contributed by atoms with E-state index in [9.17, 15) is 4.79 Å². The fourth-order valence-electron chi connectivity index (χ4n) is 2.29. The lowest BCUT2D eigenvalue weighted by molar-refractivity contribution is -0.130. The van der Waals surface area contributed by atoms with Crippen LogP contribution in [0.15, 0.2) is 0 Å². The van der Waals surface area contributed by atoms with Crippen LogP contribution in [0, 0.1) is 11.3 Å². The van der Waals surface area contributed by atoms with Crippen LogP contribution in [0.5, 0.6) is 0 Å². The summed E-state index contributed by atoms with van der Waals surface area (Å²) in [6, 6.07) is 2.68. The average Bonchev–Trinajstić information content (AvgIpc) is 2.42. The van der Waals surface area contributed by atoms with Gasteiger partial charge in [-0.3, -0.25) is 9.69 Å². The smallest absolute Gasteiger partial charge is 0.223 e. The van der Waals surface area contributed by atoms with Crippen LogP contribution in [0.3, 0.4) is 0 Å². The normalized spacial score (nSPS) is 17.4. The maximum atomic E-state index is 11.8. The molecule has 5 nitrogen and oxygen atoms in total. The predicted octanol–water partition coefficient (Wildman–Crippen LogP) is 0.775. The minimum Gasteiger partial charge on any atom is -0.345 e. The zero-order valence-electron chi connectivity index (χ0n) is 12.4. The lowest BCUT2D eigenvalue weighted by Gasteiger charge is -2.36. The van der Waals surface area contributed by atoms with Crippen LogP contribution >= 0.6 is 0 Å². The summed E-state index contributed by atoms with van der Waals surface area (Å²) in [6.45, 7) is 10.1. The Labute approximate surface area is 116 Å². The molecule has 0 spiro atoms. The Balaban J connectivity index is 2.20. The fourth-order valence-corrected chi connectivity index (χ4v) is 2.29. The van der Waals surface area contributed by atoms with Crippen LogP contribution in [0.4, 0.5) is 0 Å². The molecule has 1 amide bonds. The van der Waals surface area contributed by atoms with Crippen molar-refractivity contribution in [3.8, 4) is 6.07 Å². The van der Waals surface area contributed by atoms with E-state index in [1.54, 1.807) is 11.9 Å². The van der Waals surface area contributed by atoms with E-state index in [0.29, 0.717) is 25.4 Å². The Morgan fingerprint density at radius 1 is 1.32 bits per heavy atom. The summed E-state index contributed by atoms with van der Waals surface area (Å²) < 4.78 is 0. The monoisotopic (exact) mass is 266 g/mol. The lowest BCUT2D eigenvalue weighted by atomic mass is 10.2. The van der Waals surface area contributed by atoms with Gasteiger partial charge in [-0.05, 0) is 13.8 Å². The van der Waals surface area contributed by atoms with E-state index in [-0.39, 0.29) is 5.91 Å². The average molecular weight is 266 g/mol. The lowest BCUT2D eigenvalue weighted by Crippen LogP contribution is -2.49. The molecule has 1 saturated heterocycles. The van der Waals surface area contributed by atoms with Crippen molar-refractivity contribution in [3.05, 3.63) is 0 Å². The fraction of sp³-hybridized carbons (Fsp3) is 0.857. The van der Waals surface area contributed by atoms with Gasteiger partial charge in [-0.1, -0.05) is 0 Å². The minimum atomic E-state index is 0.140. The molecule has 0 aromatic heterocycles. The molecule has 1 rings (SSSR count). The zero-order valence-corrected chi connectivity index (χ0v) is 12.4. The summed E-state index contributed by atoms with van der Waals surface area (Å²) in [5.74, 6) is 0.140. The molecule has 0 unspecified atom stereocenters. The molecule has 0 saturated carbocycles. The van der Waals surface area contributed by atoms with Crippen molar-refractivity contribution in [3.63, 3.8) is 0 Å². The number of carbonyl (C=O) groups is 1. The summed E-state index contributed by atoms with van der Waals surface area (Å²) in [5, 5.41) is 8.50. The van der Waals surface area contributed by atoms with Gasteiger partial charge in [0.05, 0.1) is 12.5 Å². The van der Waals surface area contributed by atoms with Gasteiger partial charge in [-0.2, -0.15) is 5.26 Å². The SMILES string of the molecule is CC(C)N1CCN(CCC(=O)N(C)CCC#N)CC1. The van der Waals surface area contributed by atoms with Gasteiger partial charge in [0.2, 0.25) is 5.91 Å². The van der Waals surface area contributed by atoms with Crippen molar-refractivity contribution in [1.29, 1.82) is 5.26 Å². The van der Waals surface area contributed by atoms with Crippen LogP contribution in [0.2, 0.25) is 0 Å². The first-order valence-electron chi connectivity index (χ1n) is 7.12. The first kappa shape index (κ1) is 15.9. The van der Waals surface area contributed by atoms with Crippen LogP contribution in [-0.4, -0.2) is 73.0 Å². The van der Waals surface area contributed by atoms with Crippen molar-refractivity contribution in [2.45, 2.75) is 32.7 Å². The Hall–Kier alpha value is -1.12. The molecule has 5 heteroatoms. The highest BCUT2D eigenvalue weighted by molar-refractivity contribution is 5.76. The molecule has 0 bridgehead atoms. The second kappa shape index (κ2) is 8.13. The van der Waals surface area contributed by atoms with E-state index in [0.717, 1.165) is 32.7 Å². The summed E-state index contributed by atoms with van der Waals surface area (Å²) in [4.78, 5) is 18.3. The van der Waals surface area contributed by atoms with E-state index in [4.69, 9.17) is 5.26 Å². The maximum absolute atomic E-state index is 11.8. The van der Waals surface area contributed by atoms with Gasteiger partial charge >= 0.3 is 0 Å². The molecule has 1 aliphatic rings. The molecule has 0 aromatic rings. The molecule has 0 N–H and O–H groups in total. The molecule has 108 valence electrons. The maximum Gasteiger partial charge on any atom is 0.223 e. The second-order valence-corrected chi connectivity index (χ2v) is 5.44. The highest BCUT2D eigenvalue weighted by Gasteiger charge is 2.19. The highest BCUT2D eigenvalue weighted by Crippen LogP contribution is 2.06. The Morgan fingerprint density at radius 2 is 1.95 bits per heavy atom. The molecule has 1 heterocycles. The molecule has 1 aliphatic heterocycles. The number of hydrogen-bond acceptors (Lipinski definition) is 4. The Bertz CT molecular complexity index is 316. The summed E-state index contributed by atoms with van der Waals surface area (Å²) in [5.41, 5.74) is 0. The van der Waals surface area contributed by atoms with E-state index in [1.807, 2.05) is 0 Å². The predicted molar refractivity (Wildman–Crippen MR) is 75.6 cm³/mol. The molecule has 19 heavy (non-hydrogen) atoms. The first-order chi connectivity index (χ1) is 9.04. The van der Waals surface area contributed by atoms with E-state index in [1.165, 1.54) is 0 Å². The first-order valence-corrected chi connectivity index (χ1v) is 7.12. The van der Waals surface area contributed by atoms with Crippen LogP contribution in [-0.2, 0) is 4.79 Å². The number of nitriles is 1. The number of hydrogen-bond donors (Lipinski definition) is 0. The number of carbonyl (C=O) groups excluding carboxylic acids is 1. The molecular weight excluding hydrogens is 240 g/mol. The van der Waals surface area contributed by atoms with Crippen LogP contribution in [0.25, 0.3) is 0 Å². The van der Waals surface area contributed by atoms with Crippen molar-refractivity contribution >= 4 is 5.91 Å². The largest absolute Gasteiger partial charge is 0.345 e. The molecule has 0 aliphatic carbocycles. The third kappa shape index (κ3) is 5.58. The van der Waals surface area contributed by atoms with Crippen molar-refractivity contribution in [2.75, 3.05) is 46.3 Å². The number of piperazine rings is 1.